The Bertz CT molecular complexity index is 632. The standard InChI is InChI=1S/C13H15ClN4O2S/c1-2-18-12(16-17-13(18)21-8-11(15)19)7-20-10-6-4-3-5-9(10)14/h3-6H,2,7-8H2,1H3,(H2,15,19). The van der Waals surface area contributed by atoms with Gasteiger partial charge in [0.15, 0.2) is 11.0 Å². The molecule has 2 aromatic rings. The molecule has 0 aliphatic carbocycles. The van der Waals surface area contributed by atoms with Gasteiger partial charge in [0.05, 0.1) is 10.8 Å². The van der Waals surface area contributed by atoms with Crippen molar-refractivity contribution in [3.05, 3.63) is 35.1 Å². The quantitative estimate of drug-likeness (QED) is 0.788. The third-order valence-electron chi connectivity index (χ3n) is 2.65. The zero-order valence-corrected chi connectivity index (χ0v) is 13.0. The Morgan fingerprint density at radius 2 is 2.19 bits per heavy atom. The van der Waals surface area contributed by atoms with E-state index in [1.165, 1.54) is 11.8 Å². The Hall–Kier alpha value is -1.73. The number of nitrogens with two attached hydrogens (primary N) is 1. The lowest BCUT2D eigenvalue weighted by Gasteiger charge is -2.09. The number of aromatic nitrogens is 3. The molecular weight excluding hydrogens is 312 g/mol. The van der Waals surface area contributed by atoms with E-state index in [0.29, 0.717) is 28.3 Å². The van der Waals surface area contributed by atoms with Crippen LogP contribution in [0.25, 0.3) is 0 Å². The van der Waals surface area contributed by atoms with Gasteiger partial charge in [-0.05, 0) is 19.1 Å². The zero-order valence-electron chi connectivity index (χ0n) is 11.5. The molecule has 0 spiro atoms. The fourth-order valence-corrected chi connectivity index (χ4v) is 2.64. The highest BCUT2D eigenvalue weighted by atomic mass is 35.5. The topological polar surface area (TPSA) is 83.0 Å². The smallest absolute Gasteiger partial charge is 0.227 e. The van der Waals surface area contributed by atoms with Gasteiger partial charge in [0.1, 0.15) is 12.4 Å². The van der Waals surface area contributed by atoms with Crippen molar-refractivity contribution in [3.8, 4) is 5.75 Å². The number of hydrogen-bond donors (Lipinski definition) is 1. The maximum atomic E-state index is 10.8. The third-order valence-corrected chi connectivity index (χ3v) is 3.95. The second-order valence-electron chi connectivity index (χ2n) is 4.12. The first-order chi connectivity index (χ1) is 10.1. The second-order valence-corrected chi connectivity index (χ2v) is 5.47. The van der Waals surface area contributed by atoms with Crippen molar-refractivity contribution in [2.45, 2.75) is 25.2 Å². The molecule has 0 aliphatic heterocycles. The molecule has 112 valence electrons. The van der Waals surface area contributed by atoms with Gasteiger partial charge in [-0.2, -0.15) is 0 Å². The number of thioether (sulfide) groups is 1. The van der Waals surface area contributed by atoms with E-state index in [0.717, 1.165) is 0 Å². The van der Waals surface area contributed by atoms with Crippen molar-refractivity contribution in [1.29, 1.82) is 0 Å². The molecule has 2 N–H and O–H groups in total. The van der Waals surface area contributed by atoms with E-state index in [2.05, 4.69) is 10.2 Å². The Balaban J connectivity index is 2.06. The molecule has 0 radical (unpaired) electrons. The monoisotopic (exact) mass is 326 g/mol. The molecule has 0 saturated heterocycles. The van der Waals surface area contributed by atoms with Crippen LogP contribution in [0.3, 0.4) is 0 Å². The van der Waals surface area contributed by atoms with E-state index >= 15 is 0 Å². The normalized spacial score (nSPS) is 10.6. The van der Waals surface area contributed by atoms with E-state index in [1.54, 1.807) is 12.1 Å². The summed E-state index contributed by atoms with van der Waals surface area (Å²) in [6.45, 7) is 2.90. The molecule has 1 amide bonds. The van der Waals surface area contributed by atoms with Crippen molar-refractivity contribution in [2.75, 3.05) is 5.75 Å². The molecule has 6 nitrogen and oxygen atoms in total. The van der Waals surface area contributed by atoms with Crippen LogP contribution in [-0.4, -0.2) is 26.4 Å². The van der Waals surface area contributed by atoms with Gasteiger partial charge >= 0.3 is 0 Å². The van der Waals surface area contributed by atoms with Crippen molar-refractivity contribution in [3.63, 3.8) is 0 Å². The minimum atomic E-state index is -0.389. The predicted molar refractivity (Wildman–Crippen MR) is 81.4 cm³/mol. The summed E-state index contributed by atoms with van der Waals surface area (Å²) < 4.78 is 7.53. The molecule has 1 aromatic carbocycles. The average molecular weight is 327 g/mol. The van der Waals surface area contributed by atoms with Gasteiger partial charge < -0.3 is 15.0 Å². The number of primary amides is 1. The van der Waals surface area contributed by atoms with Crippen LogP contribution in [0.5, 0.6) is 5.75 Å². The highest BCUT2D eigenvalue weighted by molar-refractivity contribution is 7.99. The Morgan fingerprint density at radius 1 is 1.43 bits per heavy atom. The molecule has 0 bridgehead atoms. The number of amides is 1. The largest absolute Gasteiger partial charge is 0.484 e. The van der Waals surface area contributed by atoms with Crippen LogP contribution in [0, 0.1) is 0 Å². The number of carbonyl (C=O) groups is 1. The summed E-state index contributed by atoms with van der Waals surface area (Å²) in [6.07, 6.45) is 0. The number of nitrogens with zero attached hydrogens (tertiary/aromatic N) is 3. The van der Waals surface area contributed by atoms with Crippen molar-refractivity contribution < 1.29 is 9.53 Å². The summed E-state index contributed by atoms with van der Waals surface area (Å²) in [5.74, 6) is 1.05. The molecule has 1 aromatic heterocycles. The van der Waals surface area contributed by atoms with Crippen LogP contribution >= 0.6 is 23.4 Å². The molecule has 8 heteroatoms. The maximum Gasteiger partial charge on any atom is 0.227 e. The maximum absolute atomic E-state index is 10.8. The van der Waals surface area contributed by atoms with Gasteiger partial charge in [-0.15, -0.1) is 10.2 Å². The number of para-hydroxylation sites is 1. The summed E-state index contributed by atoms with van der Waals surface area (Å²) in [4.78, 5) is 10.8. The van der Waals surface area contributed by atoms with Gasteiger partial charge in [-0.1, -0.05) is 35.5 Å². The van der Waals surface area contributed by atoms with E-state index in [9.17, 15) is 4.79 Å². The van der Waals surface area contributed by atoms with Gasteiger partial charge in [-0.3, -0.25) is 4.79 Å². The number of rotatable bonds is 7. The molecule has 0 aliphatic rings. The van der Waals surface area contributed by atoms with Gasteiger partial charge in [-0.25, -0.2) is 0 Å². The minimum Gasteiger partial charge on any atom is -0.484 e. The highest BCUT2D eigenvalue weighted by Crippen LogP contribution is 2.24. The number of hydrogen-bond acceptors (Lipinski definition) is 5. The fourth-order valence-electron chi connectivity index (χ4n) is 1.69. The molecule has 0 saturated carbocycles. The highest BCUT2D eigenvalue weighted by Gasteiger charge is 2.13. The first kappa shape index (κ1) is 15.7. The van der Waals surface area contributed by atoms with E-state index in [4.69, 9.17) is 22.1 Å². The molecule has 2 rings (SSSR count). The Kier molecular flexibility index (Phi) is 5.46. The van der Waals surface area contributed by atoms with Crippen molar-refractivity contribution >= 4 is 29.3 Å². The summed E-state index contributed by atoms with van der Waals surface area (Å²) >= 11 is 7.29. The zero-order chi connectivity index (χ0) is 15.2. The summed E-state index contributed by atoms with van der Waals surface area (Å²) in [5, 5.41) is 9.32. The number of halogens is 1. The summed E-state index contributed by atoms with van der Waals surface area (Å²) in [6, 6.07) is 7.23. The van der Waals surface area contributed by atoms with E-state index in [1.807, 2.05) is 23.6 Å². The van der Waals surface area contributed by atoms with E-state index < -0.39 is 0 Å². The first-order valence-electron chi connectivity index (χ1n) is 6.32. The Morgan fingerprint density at radius 3 is 2.86 bits per heavy atom. The number of carbonyl (C=O) groups excluding carboxylic acids is 1. The lowest BCUT2D eigenvalue weighted by molar-refractivity contribution is -0.115. The van der Waals surface area contributed by atoms with Crippen LogP contribution in [0.1, 0.15) is 12.7 Å². The predicted octanol–water partition coefficient (Wildman–Crippen LogP) is 2.11. The minimum absolute atomic E-state index is 0.170. The first-order valence-corrected chi connectivity index (χ1v) is 7.68. The molecule has 21 heavy (non-hydrogen) atoms. The lowest BCUT2D eigenvalue weighted by atomic mass is 10.3. The van der Waals surface area contributed by atoms with Crippen LogP contribution in [-0.2, 0) is 17.9 Å². The summed E-state index contributed by atoms with van der Waals surface area (Å²) in [5.41, 5.74) is 5.13. The second kappa shape index (κ2) is 7.33. The van der Waals surface area contributed by atoms with Crippen LogP contribution in [0.4, 0.5) is 0 Å². The van der Waals surface area contributed by atoms with Crippen molar-refractivity contribution in [2.24, 2.45) is 5.73 Å². The third kappa shape index (κ3) is 4.12. The number of ether oxygens (including phenoxy) is 1. The van der Waals surface area contributed by atoms with Gasteiger partial charge in [0, 0.05) is 6.54 Å². The SMILES string of the molecule is CCn1c(COc2ccccc2Cl)nnc1SCC(N)=O. The van der Waals surface area contributed by atoms with E-state index in [-0.39, 0.29) is 18.3 Å². The lowest BCUT2D eigenvalue weighted by Crippen LogP contribution is -2.14. The molecule has 1 heterocycles. The summed E-state index contributed by atoms with van der Waals surface area (Å²) in [7, 11) is 0. The van der Waals surface area contributed by atoms with Gasteiger partial charge in [0.2, 0.25) is 5.91 Å². The average Bonchev–Trinajstić information content (AvgIpc) is 2.86. The number of benzene rings is 1. The molecule has 0 unspecified atom stereocenters. The fraction of sp³-hybridized carbons (Fsp3) is 0.308. The molecule has 0 atom stereocenters. The molecular formula is C13H15ClN4O2S. The van der Waals surface area contributed by atoms with Crippen molar-refractivity contribution in [1.82, 2.24) is 14.8 Å². The van der Waals surface area contributed by atoms with Gasteiger partial charge in [0.25, 0.3) is 0 Å². The Labute approximate surface area is 131 Å². The van der Waals surface area contributed by atoms with Crippen LogP contribution in [0.2, 0.25) is 5.02 Å². The van der Waals surface area contributed by atoms with Crippen LogP contribution < -0.4 is 10.5 Å². The van der Waals surface area contributed by atoms with Crippen LogP contribution in [0.15, 0.2) is 29.4 Å². The molecule has 0 fully saturated rings.